The molecule has 2 aliphatic rings. The van der Waals surface area contributed by atoms with E-state index in [0.29, 0.717) is 12.4 Å². The number of nitrogens with zero attached hydrogens (tertiary/aromatic N) is 2. The van der Waals surface area contributed by atoms with Gasteiger partial charge in [-0.25, -0.2) is 4.98 Å². The highest BCUT2D eigenvalue weighted by Crippen LogP contribution is 2.37. The molecule has 4 rings (SSSR count). The second-order valence-electron chi connectivity index (χ2n) is 7.05. The van der Waals surface area contributed by atoms with Crippen LogP contribution >= 0.6 is 0 Å². The third-order valence-electron chi connectivity index (χ3n) is 5.39. The first-order valence-corrected chi connectivity index (χ1v) is 9.19. The number of aromatic nitrogens is 2. The number of likely N-dealkylation sites (tertiary alicyclic amines) is 1. The molecule has 7 nitrogen and oxygen atoms in total. The van der Waals surface area contributed by atoms with Gasteiger partial charge in [0, 0.05) is 13.0 Å². The van der Waals surface area contributed by atoms with Crippen molar-refractivity contribution in [1.82, 2.24) is 20.2 Å². The summed E-state index contributed by atoms with van der Waals surface area (Å²) in [5.41, 5.74) is 1.78. The number of hydrogen-bond donors (Lipinski definition) is 2. The second-order valence-corrected chi connectivity index (χ2v) is 7.05. The van der Waals surface area contributed by atoms with E-state index in [9.17, 15) is 14.4 Å². The Kier molecular flexibility index (Phi) is 4.44. The van der Waals surface area contributed by atoms with Crippen molar-refractivity contribution in [2.45, 2.75) is 38.6 Å². The lowest BCUT2D eigenvalue weighted by atomic mass is 9.81. The molecule has 2 N–H and O–H groups in total. The predicted octanol–water partition coefficient (Wildman–Crippen LogP) is 1.74. The minimum absolute atomic E-state index is 0.0928. The zero-order valence-electron chi connectivity index (χ0n) is 14.5. The molecule has 2 fully saturated rings. The fourth-order valence-electron chi connectivity index (χ4n) is 4.02. The van der Waals surface area contributed by atoms with Gasteiger partial charge in [-0.15, -0.1) is 0 Å². The molecule has 1 aromatic heterocycles. The number of carbonyl (C=O) groups is 3. The Balaban J connectivity index is 1.30. The van der Waals surface area contributed by atoms with Crippen LogP contribution in [0.3, 0.4) is 0 Å². The summed E-state index contributed by atoms with van der Waals surface area (Å²) in [6.07, 6.45) is 3.73. The van der Waals surface area contributed by atoms with Gasteiger partial charge < -0.3 is 10.3 Å². The number of imide groups is 1. The Bertz CT molecular complexity index is 802. The van der Waals surface area contributed by atoms with Crippen LogP contribution in [0.25, 0.3) is 11.0 Å². The number of nitrogens with one attached hydrogen (secondary N) is 2. The van der Waals surface area contributed by atoms with Crippen molar-refractivity contribution < 1.29 is 14.4 Å². The Morgan fingerprint density at radius 2 is 1.85 bits per heavy atom. The summed E-state index contributed by atoms with van der Waals surface area (Å²) in [5, 5.41) is 2.79. The molecule has 1 aromatic carbocycles. The van der Waals surface area contributed by atoms with E-state index in [0.717, 1.165) is 36.7 Å². The average Bonchev–Trinajstić information content (AvgIpc) is 3.18. The molecule has 3 amide bonds. The summed E-state index contributed by atoms with van der Waals surface area (Å²) in [4.78, 5) is 45.8. The third-order valence-corrected chi connectivity index (χ3v) is 5.39. The van der Waals surface area contributed by atoms with Gasteiger partial charge in [0.25, 0.3) is 0 Å². The SMILES string of the molecule is O=C(CCN1C(=O)C2CCCCC2C1=O)NCc1nc2ccccc2[nH]1. The largest absolute Gasteiger partial charge is 0.349 e. The standard InChI is InChI=1S/C19H22N4O3/c24-17(20-11-16-21-14-7-3-4-8-15(14)22-16)9-10-23-18(25)12-5-1-2-6-13(12)19(23)26/h3-4,7-8,12-13H,1-2,5-6,9-11H2,(H,20,24)(H,21,22). The molecule has 1 saturated heterocycles. The fraction of sp³-hybridized carbons (Fsp3) is 0.474. The lowest BCUT2D eigenvalue weighted by molar-refractivity contribution is -0.140. The predicted molar refractivity (Wildman–Crippen MR) is 94.7 cm³/mol. The van der Waals surface area contributed by atoms with Crippen molar-refractivity contribution in [3.63, 3.8) is 0 Å². The number of imidazole rings is 1. The summed E-state index contributed by atoms with van der Waals surface area (Å²) in [6, 6.07) is 7.66. The minimum atomic E-state index is -0.194. The van der Waals surface area contributed by atoms with Gasteiger partial charge in [0.05, 0.1) is 29.4 Å². The summed E-state index contributed by atoms with van der Waals surface area (Å²) >= 11 is 0. The highest BCUT2D eigenvalue weighted by Gasteiger charge is 2.47. The number of H-pyrrole nitrogens is 1. The Morgan fingerprint density at radius 1 is 1.15 bits per heavy atom. The van der Waals surface area contributed by atoms with Crippen LogP contribution in [0.4, 0.5) is 0 Å². The molecule has 1 aliphatic carbocycles. The average molecular weight is 354 g/mol. The molecule has 1 aliphatic heterocycles. The first-order chi connectivity index (χ1) is 12.6. The van der Waals surface area contributed by atoms with Gasteiger partial charge >= 0.3 is 0 Å². The fourth-order valence-corrected chi connectivity index (χ4v) is 4.02. The molecule has 7 heteroatoms. The van der Waals surface area contributed by atoms with Gasteiger partial charge in [-0.1, -0.05) is 25.0 Å². The number of amides is 3. The molecule has 0 radical (unpaired) electrons. The number of aromatic amines is 1. The van der Waals surface area contributed by atoms with Gasteiger partial charge in [-0.2, -0.15) is 0 Å². The van der Waals surface area contributed by atoms with Crippen molar-refractivity contribution in [2.24, 2.45) is 11.8 Å². The number of fused-ring (bicyclic) bond motifs is 2. The maximum Gasteiger partial charge on any atom is 0.233 e. The zero-order chi connectivity index (χ0) is 18.1. The normalized spacial score (nSPS) is 22.7. The summed E-state index contributed by atoms with van der Waals surface area (Å²) in [5.74, 6) is -0.0147. The van der Waals surface area contributed by atoms with Crippen LogP contribution in [0.5, 0.6) is 0 Å². The van der Waals surface area contributed by atoms with Gasteiger partial charge in [-0.05, 0) is 25.0 Å². The van der Waals surface area contributed by atoms with Crippen LogP contribution in [-0.4, -0.2) is 39.1 Å². The lowest BCUT2D eigenvalue weighted by Crippen LogP contribution is -2.35. The zero-order valence-corrected chi connectivity index (χ0v) is 14.5. The van der Waals surface area contributed by atoms with Crippen molar-refractivity contribution in [3.8, 4) is 0 Å². The molecule has 0 spiro atoms. The highest BCUT2D eigenvalue weighted by atomic mass is 16.2. The van der Waals surface area contributed by atoms with E-state index < -0.39 is 0 Å². The first-order valence-electron chi connectivity index (χ1n) is 9.19. The minimum Gasteiger partial charge on any atom is -0.349 e. The summed E-state index contributed by atoms with van der Waals surface area (Å²) in [7, 11) is 0. The second kappa shape index (κ2) is 6.90. The van der Waals surface area contributed by atoms with Crippen LogP contribution in [0, 0.1) is 11.8 Å². The molecule has 0 bridgehead atoms. The van der Waals surface area contributed by atoms with Gasteiger partial charge in [-0.3, -0.25) is 19.3 Å². The van der Waals surface area contributed by atoms with E-state index in [4.69, 9.17) is 0 Å². The van der Waals surface area contributed by atoms with Gasteiger partial charge in [0.1, 0.15) is 5.82 Å². The van der Waals surface area contributed by atoms with Crippen LogP contribution in [0.2, 0.25) is 0 Å². The molecule has 1 saturated carbocycles. The molecule has 26 heavy (non-hydrogen) atoms. The number of benzene rings is 1. The molecular weight excluding hydrogens is 332 g/mol. The van der Waals surface area contributed by atoms with Crippen molar-refractivity contribution >= 4 is 28.8 Å². The lowest BCUT2D eigenvalue weighted by Gasteiger charge is -2.19. The molecular formula is C19H22N4O3. The Hall–Kier alpha value is -2.70. The van der Waals surface area contributed by atoms with Gasteiger partial charge in [0.15, 0.2) is 0 Å². The summed E-state index contributed by atoms with van der Waals surface area (Å²) < 4.78 is 0. The number of hydrogen-bond acceptors (Lipinski definition) is 4. The number of rotatable bonds is 5. The van der Waals surface area contributed by atoms with Crippen LogP contribution in [0.15, 0.2) is 24.3 Å². The van der Waals surface area contributed by atoms with Crippen LogP contribution < -0.4 is 5.32 Å². The van der Waals surface area contributed by atoms with Crippen LogP contribution in [0.1, 0.15) is 37.9 Å². The summed E-state index contributed by atoms with van der Waals surface area (Å²) in [6.45, 7) is 0.456. The van der Waals surface area contributed by atoms with E-state index >= 15 is 0 Å². The van der Waals surface area contributed by atoms with Crippen molar-refractivity contribution in [3.05, 3.63) is 30.1 Å². The number of para-hydroxylation sites is 2. The maximum atomic E-state index is 12.4. The smallest absolute Gasteiger partial charge is 0.233 e. The molecule has 2 heterocycles. The topological polar surface area (TPSA) is 95.2 Å². The van der Waals surface area contributed by atoms with E-state index in [1.54, 1.807) is 0 Å². The molecule has 2 atom stereocenters. The quantitative estimate of drug-likeness (QED) is 0.800. The van der Waals surface area contributed by atoms with Crippen LogP contribution in [-0.2, 0) is 20.9 Å². The third kappa shape index (κ3) is 3.09. The van der Waals surface area contributed by atoms with Crippen molar-refractivity contribution in [2.75, 3.05) is 6.54 Å². The van der Waals surface area contributed by atoms with Gasteiger partial charge in [0.2, 0.25) is 17.7 Å². The van der Waals surface area contributed by atoms with E-state index in [-0.39, 0.29) is 42.5 Å². The Labute approximate surface area is 151 Å². The first kappa shape index (κ1) is 16.8. The Morgan fingerprint density at radius 3 is 2.54 bits per heavy atom. The molecule has 2 aromatic rings. The highest BCUT2D eigenvalue weighted by molar-refractivity contribution is 6.05. The van der Waals surface area contributed by atoms with E-state index in [2.05, 4.69) is 15.3 Å². The van der Waals surface area contributed by atoms with E-state index in [1.165, 1.54) is 4.90 Å². The maximum absolute atomic E-state index is 12.4. The molecule has 136 valence electrons. The molecule has 2 unspecified atom stereocenters. The van der Waals surface area contributed by atoms with E-state index in [1.807, 2.05) is 24.3 Å². The van der Waals surface area contributed by atoms with Crippen molar-refractivity contribution in [1.29, 1.82) is 0 Å². The number of carbonyl (C=O) groups excluding carboxylic acids is 3. The monoisotopic (exact) mass is 354 g/mol.